The average Bonchev–Trinajstić information content (AvgIpc) is 2.86. The van der Waals surface area contributed by atoms with E-state index >= 15 is 0 Å². The Bertz CT molecular complexity index is 507. The fourth-order valence-electron chi connectivity index (χ4n) is 2.77. The van der Waals surface area contributed by atoms with Crippen LogP contribution < -0.4 is 10.6 Å². The molecule has 0 aromatic heterocycles. The lowest BCUT2D eigenvalue weighted by atomic mass is 10.1. The molecule has 0 aliphatic carbocycles. The number of carboxylic acid groups (broad SMARTS) is 1. The molecule has 110 valence electrons. The van der Waals surface area contributed by atoms with Crippen molar-refractivity contribution in [1.29, 1.82) is 0 Å². The fraction of sp³-hybridized carbons (Fsp3) is 0.500. The maximum atomic E-state index is 13.8. The minimum Gasteiger partial charge on any atom is -0.478 e. The van der Waals surface area contributed by atoms with E-state index in [2.05, 4.69) is 0 Å². The molecule has 1 saturated heterocycles. The summed E-state index contributed by atoms with van der Waals surface area (Å²) in [4.78, 5) is 12.9. The first-order valence-corrected chi connectivity index (χ1v) is 6.74. The van der Waals surface area contributed by atoms with Gasteiger partial charge in [-0.2, -0.15) is 0 Å². The van der Waals surface area contributed by atoms with E-state index in [1.165, 1.54) is 12.1 Å². The number of nitrogens with zero attached hydrogens (tertiary/aromatic N) is 1. The van der Waals surface area contributed by atoms with Gasteiger partial charge in [0.05, 0.1) is 16.9 Å². The molecule has 5 nitrogen and oxygen atoms in total. The van der Waals surface area contributed by atoms with E-state index < -0.39 is 17.3 Å². The maximum absolute atomic E-state index is 13.8. The first-order valence-electron chi connectivity index (χ1n) is 6.74. The molecular weight excluding hydrogens is 263 g/mol. The van der Waals surface area contributed by atoms with Crippen LogP contribution in [0.3, 0.4) is 0 Å². The number of hydrogen-bond donors (Lipinski definition) is 3. The smallest absolute Gasteiger partial charge is 0.338 e. The monoisotopic (exact) mass is 282 g/mol. The van der Waals surface area contributed by atoms with E-state index in [-0.39, 0.29) is 18.3 Å². The Morgan fingerprint density at radius 1 is 1.50 bits per heavy atom. The largest absolute Gasteiger partial charge is 0.478 e. The summed E-state index contributed by atoms with van der Waals surface area (Å²) in [6.45, 7) is 0.901. The third-order valence-electron chi connectivity index (χ3n) is 3.73. The van der Waals surface area contributed by atoms with Gasteiger partial charge in [-0.15, -0.1) is 0 Å². The van der Waals surface area contributed by atoms with Gasteiger partial charge in [-0.05, 0) is 31.7 Å². The third kappa shape index (κ3) is 2.85. The van der Waals surface area contributed by atoms with Gasteiger partial charge in [0.1, 0.15) is 5.82 Å². The number of carboxylic acids is 1. The van der Waals surface area contributed by atoms with Crippen molar-refractivity contribution in [3.8, 4) is 0 Å². The lowest BCUT2D eigenvalue weighted by Crippen LogP contribution is -2.30. The Morgan fingerprint density at radius 2 is 2.25 bits per heavy atom. The molecule has 20 heavy (non-hydrogen) atoms. The zero-order valence-electron chi connectivity index (χ0n) is 11.2. The van der Waals surface area contributed by atoms with Crippen LogP contribution in [0.1, 0.15) is 36.0 Å². The lowest BCUT2D eigenvalue weighted by Gasteiger charge is -2.28. The number of nitrogens with two attached hydrogens (primary N) is 1. The summed E-state index contributed by atoms with van der Waals surface area (Å²) >= 11 is 0. The van der Waals surface area contributed by atoms with Gasteiger partial charge in [0, 0.05) is 25.3 Å². The van der Waals surface area contributed by atoms with E-state index in [9.17, 15) is 9.18 Å². The highest BCUT2D eigenvalue weighted by molar-refractivity contribution is 5.91. The van der Waals surface area contributed by atoms with Gasteiger partial charge in [-0.25, -0.2) is 9.18 Å². The van der Waals surface area contributed by atoms with Gasteiger partial charge in [0.15, 0.2) is 0 Å². The van der Waals surface area contributed by atoms with Gasteiger partial charge in [0.25, 0.3) is 0 Å². The number of anilines is 2. The number of aromatic carboxylic acids is 1. The van der Waals surface area contributed by atoms with Crippen molar-refractivity contribution in [3.63, 3.8) is 0 Å². The number of aliphatic hydroxyl groups excluding tert-OH is 1. The zero-order valence-corrected chi connectivity index (χ0v) is 11.2. The molecule has 1 aromatic rings. The van der Waals surface area contributed by atoms with Crippen LogP contribution in [0.15, 0.2) is 12.1 Å². The maximum Gasteiger partial charge on any atom is 0.338 e. The van der Waals surface area contributed by atoms with Crippen LogP contribution in [0.2, 0.25) is 0 Å². The highest BCUT2D eigenvalue weighted by Gasteiger charge is 2.27. The molecule has 1 atom stereocenters. The molecule has 1 aromatic carbocycles. The van der Waals surface area contributed by atoms with Crippen LogP contribution in [0.5, 0.6) is 0 Å². The quantitative estimate of drug-likeness (QED) is 0.717. The molecule has 1 unspecified atom stereocenters. The molecule has 1 fully saturated rings. The van der Waals surface area contributed by atoms with Crippen molar-refractivity contribution in [3.05, 3.63) is 23.5 Å². The Kier molecular flexibility index (Phi) is 4.44. The Labute approximate surface area is 116 Å². The summed E-state index contributed by atoms with van der Waals surface area (Å²) < 4.78 is 13.8. The minimum atomic E-state index is -1.32. The average molecular weight is 282 g/mol. The van der Waals surface area contributed by atoms with Crippen LogP contribution in [0.25, 0.3) is 0 Å². The molecule has 6 heteroatoms. The summed E-state index contributed by atoms with van der Waals surface area (Å²) in [5.41, 5.74) is 6.30. The molecule has 1 aliphatic heterocycles. The second-order valence-electron chi connectivity index (χ2n) is 5.05. The number of halogens is 1. The molecule has 0 spiro atoms. The van der Waals surface area contributed by atoms with E-state index in [0.29, 0.717) is 12.1 Å². The number of hydrogen-bond acceptors (Lipinski definition) is 4. The van der Waals surface area contributed by atoms with E-state index in [1.807, 2.05) is 4.90 Å². The molecule has 1 aliphatic rings. The fourth-order valence-corrected chi connectivity index (χ4v) is 2.77. The van der Waals surface area contributed by atoms with Crippen LogP contribution >= 0.6 is 0 Å². The van der Waals surface area contributed by atoms with Crippen molar-refractivity contribution in [1.82, 2.24) is 0 Å². The Morgan fingerprint density at radius 3 is 2.90 bits per heavy atom. The SMILES string of the molecule is Nc1cc(C(=O)O)c(F)cc1N1CCCC1CCCO. The Balaban J connectivity index is 2.28. The Hall–Kier alpha value is -1.82. The number of aliphatic hydroxyl groups is 1. The number of nitrogen functional groups attached to an aromatic ring is 1. The topological polar surface area (TPSA) is 86.8 Å². The second kappa shape index (κ2) is 6.09. The number of benzene rings is 1. The first kappa shape index (κ1) is 14.6. The zero-order chi connectivity index (χ0) is 14.7. The van der Waals surface area contributed by atoms with Crippen LogP contribution in [0.4, 0.5) is 15.8 Å². The van der Waals surface area contributed by atoms with E-state index in [4.69, 9.17) is 15.9 Å². The third-order valence-corrected chi connectivity index (χ3v) is 3.73. The van der Waals surface area contributed by atoms with Crippen molar-refractivity contribution < 1.29 is 19.4 Å². The molecular formula is C14H19FN2O3. The summed E-state index contributed by atoms with van der Waals surface area (Å²) in [6, 6.07) is 2.60. The van der Waals surface area contributed by atoms with Crippen molar-refractivity contribution in [2.45, 2.75) is 31.7 Å². The predicted molar refractivity (Wildman–Crippen MR) is 74.5 cm³/mol. The normalized spacial score (nSPS) is 18.5. The summed E-state index contributed by atoms with van der Waals surface area (Å²) in [5, 5.41) is 17.8. The molecule has 0 amide bonds. The lowest BCUT2D eigenvalue weighted by molar-refractivity contribution is 0.0692. The number of carbonyl (C=O) groups is 1. The number of rotatable bonds is 5. The second-order valence-corrected chi connectivity index (χ2v) is 5.05. The van der Waals surface area contributed by atoms with E-state index in [1.54, 1.807) is 0 Å². The standard InChI is InChI=1S/C14H19FN2O3/c15-11-8-13(12(16)7-10(11)14(19)20)17-5-1-3-9(17)4-2-6-18/h7-9,18H,1-6,16H2,(H,19,20). The van der Waals surface area contributed by atoms with E-state index in [0.717, 1.165) is 25.8 Å². The molecule has 0 bridgehead atoms. The van der Waals surface area contributed by atoms with Crippen LogP contribution in [-0.2, 0) is 0 Å². The van der Waals surface area contributed by atoms with Crippen molar-refractivity contribution >= 4 is 17.3 Å². The van der Waals surface area contributed by atoms with Crippen LogP contribution in [0, 0.1) is 5.82 Å². The summed E-state index contributed by atoms with van der Waals surface area (Å²) in [6.07, 6.45) is 3.47. The highest BCUT2D eigenvalue weighted by atomic mass is 19.1. The van der Waals surface area contributed by atoms with Crippen molar-refractivity contribution in [2.24, 2.45) is 0 Å². The van der Waals surface area contributed by atoms with Gasteiger partial charge < -0.3 is 20.8 Å². The summed E-state index contributed by atoms with van der Waals surface area (Å²) in [5.74, 6) is -2.09. The molecule has 0 radical (unpaired) electrons. The summed E-state index contributed by atoms with van der Waals surface area (Å²) in [7, 11) is 0. The molecule has 4 N–H and O–H groups in total. The van der Waals surface area contributed by atoms with Gasteiger partial charge >= 0.3 is 5.97 Å². The minimum absolute atomic E-state index is 0.131. The van der Waals surface area contributed by atoms with Crippen LogP contribution in [-0.4, -0.2) is 35.4 Å². The van der Waals surface area contributed by atoms with Gasteiger partial charge in [0.2, 0.25) is 0 Å². The molecule has 2 rings (SSSR count). The van der Waals surface area contributed by atoms with Gasteiger partial charge in [-0.1, -0.05) is 0 Å². The first-order chi connectivity index (χ1) is 9.54. The predicted octanol–water partition coefficient (Wildman–Crippen LogP) is 1.85. The van der Waals surface area contributed by atoms with Gasteiger partial charge in [-0.3, -0.25) is 0 Å². The molecule has 0 saturated carbocycles. The molecule has 1 heterocycles. The van der Waals surface area contributed by atoms with Crippen molar-refractivity contribution in [2.75, 3.05) is 23.8 Å². The highest BCUT2D eigenvalue weighted by Crippen LogP contribution is 2.33.